The summed E-state index contributed by atoms with van der Waals surface area (Å²) in [5.41, 5.74) is 4.01. The lowest BCUT2D eigenvalue weighted by atomic mass is 10.2. The zero-order valence-corrected chi connectivity index (χ0v) is 15.8. The van der Waals surface area contributed by atoms with Crippen LogP contribution in [0.15, 0.2) is 42.6 Å². The summed E-state index contributed by atoms with van der Waals surface area (Å²) in [5, 5.41) is 2.87. The van der Waals surface area contributed by atoms with Gasteiger partial charge in [-0.3, -0.25) is 9.20 Å². The van der Waals surface area contributed by atoms with Crippen molar-refractivity contribution in [3.63, 3.8) is 0 Å². The number of amides is 1. The van der Waals surface area contributed by atoms with Gasteiger partial charge in [-0.2, -0.15) is 0 Å². The van der Waals surface area contributed by atoms with Gasteiger partial charge in [0, 0.05) is 11.9 Å². The van der Waals surface area contributed by atoms with Gasteiger partial charge in [0.25, 0.3) is 5.91 Å². The monoisotopic (exact) mass is 365 g/mol. The van der Waals surface area contributed by atoms with Crippen molar-refractivity contribution in [2.45, 2.75) is 33.6 Å². The van der Waals surface area contributed by atoms with Crippen molar-refractivity contribution in [2.75, 3.05) is 11.9 Å². The lowest BCUT2D eigenvalue weighted by Gasteiger charge is -2.09. The molecule has 3 rings (SSSR count). The van der Waals surface area contributed by atoms with Crippen LogP contribution < -0.4 is 5.32 Å². The first-order valence-electron chi connectivity index (χ1n) is 9.09. The number of esters is 1. The highest BCUT2D eigenvalue weighted by molar-refractivity contribution is 6.05. The Morgan fingerprint density at radius 3 is 2.74 bits per heavy atom. The number of nitrogens with one attached hydrogen (secondary N) is 1. The van der Waals surface area contributed by atoms with E-state index in [2.05, 4.69) is 10.3 Å². The molecule has 0 fully saturated rings. The molecule has 0 spiro atoms. The lowest BCUT2D eigenvalue weighted by Crippen LogP contribution is -2.16. The van der Waals surface area contributed by atoms with Crippen molar-refractivity contribution in [3.05, 3.63) is 65.1 Å². The number of hydrogen-bond acceptors (Lipinski definition) is 4. The number of imidazole rings is 1. The van der Waals surface area contributed by atoms with Gasteiger partial charge < -0.3 is 10.1 Å². The third-order valence-corrected chi connectivity index (χ3v) is 4.20. The van der Waals surface area contributed by atoms with Crippen LogP contribution in [0.2, 0.25) is 0 Å². The minimum absolute atomic E-state index is 0.262. The maximum atomic E-state index is 12.9. The number of pyridine rings is 1. The summed E-state index contributed by atoms with van der Waals surface area (Å²) in [6, 6.07) is 10.6. The molecule has 140 valence electrons. The molecule has 0 saturated carbocycles. The van der Waals surface area contributed by atoms with Gasteiger partial charge in [-0.25, -0.2) is 9.78 Å². The summed E-state index contributed by atoms with van der Waals surface area (Å²) in [5.74, 6) is -0.658. The van der Waals surface area contributed by atoms with E-state index in [1.54, 1.807) is 28.7 Å². The van der Waals surface area contributed by atoms with E-state index in [-0.39, 0.29) is 5.91 Å². The minimum Gasteiger partial charge on any atom is -0.462 e. The molecule has 2 aromatic heterocycles. The zero-order chi connectivity index (χ0) is 19.4. The Morgan fingerprint density at radius 1 is 1.19 bits per heavy atom. The SMILES string of the molecule is CCCOC(=O)c1cccc(NC(=O)c2c(CC)nc3cc(C)ccn23)c1. The van der Waals surface area contributed by atoms with Gasteiger partial charge in [0.05, 0.1) is 17.9 Å². The molecule has 1 aromatic carbocycles. The fraction of sp³-hybridized carbons (Fsp3) is 0.286. The van der Waals surface area contributed by atoms with Crippen LogP contribution in [0.4, 0.5) is 5.69 Å². The maximum Gasteiger partial charge on any atom is 0.338 e. The summed E-state index contributed by atoms with van der Waals surface area (Å²) >= 11 is 0. The summed E-state index contributed by atoms with van der Waals surface area (Å²) in [7, 11) is 0. The summed E-state index contributed by atoms with van der Waals surface area (Å²) in [4.78, 5) is 29.5. The second-order valence-electron chi connectivity index (χ2n) is 6.36. The van der Waals surface area contributed by atoms with Crippen LogP contribution in [-0.2, 0) is 11.2 Å². The Morgan fingerprint density at radius 2 is 2.00 bits per heavy atom. The molecule has 27 heavy (non-hydrogen) atoms. The molecule has 6 nitrogen and oxygen atoms in total. The molecular weight excluding hydrogens is 342 g/mol. The number of rotatable bonds is 6. The van der Waals surface area contributed by atoms with E-state index in [1.807, 2.05) is 39.1 Å². The van der Waals surface area contributed by atoms with Crippen LogP contribution >= 0.6 is 0 Å². The largest absolute Gasteiger partial charge is 0.462 e. The quantitative estimate of drug-likeness (QED) is 0.670. The minimum atomic E-state index is -0.396. The van der Waals surface area contributed by atoms with E-state index in [0.29, 0.717) is 30.0 Å². The van der Waals surface area contributed by atoms with E-state index < -0.39 is 5.97 Å². The second kappa shape index (κ2) is 8.03. The number of benzene rings is 1. The Hall–Kier alpha value is -3.15. The maximum absolute atomic E-state index is 12.9. The molecule has 1 N–H and O–H groups in total. The topological polar surface area (TPSA) is 72.7 Å². The summed E-state index contributed by atoms with van der Waals surface area (Å²) in [6.45, 7) is 6.27. The van der Waals surface area contributed by atoms with E-state index in [1.165, 1.54) is 0 Å². The standard InChI is InChI=1S/C21H23N3O3/c1-4-11-27-21(26)15-7-6-8-16(13-15)22-20(25)19-17(5-2)23-18-12-14(3)9-10-24(18)19/h6-10,12-13H,4-5,11H2,1-3H3,(H,22,25). The number of fused-ring (bicyclic) bond motifs is 1. The molecule has 0 unspecified atom stereocenters. The molecule has 6 heteroatoms. The highest BCUT2D eigenvalue weighted by Crippen LogP contribution is 2.18. The highest BCUT2D eigenvalue weighted by atomic mass is 16.5. The van der Waals surface area contributed by atoms with Crippen LogP contribution in [0.3, 0.4) is 0 Å². The predicted octanol–water partition coefficient (Wildman–Crippen LogP) is 4.02. The zero-order valence-electron chi connectivity index (χ0n) is 15.8. The third-order valence-electron chi connectivity index (χ3n) is 4.20. The van der Waals surface area contributed by atoms with Crippen molar-refractivity contribution in [1.29, 1.82) is 0 Å². The Labute approximate surface area is 158 Å². The van der Waals surface area contributed by atoms with Gasteiger partial charge >= 0.3 is 5.97 Å². The first-order valence-corrected chi connectivity index (χ1v) is 9.09. The number of aromatic nitrogens is 2. The number of ether oxygens (including phenoxy) is 1. The molecule has 3 aromatic rings. The second-order valence-corrected chi connectivity index (χ2v) is 6.36. The molecule has 0 aliphatic heterocycles. The van der Waals surface area contributed by atoms with E-state index in [9.17, 15) is 9.59 Å². The van der Waals surface area contributed by atoms with E-state index >= 15 is 0 Å². The van der Waals surface area contributed by atoms with Crippen molar-refractivity contribution in [3.8, 4) is 0 Å². The molecule has 0 radical (unpaired) electrons. The number of nitrogens with zero attached hydrogens (tertiary/aromatic N) is 2. The molecule has 0 aliphatic rings. The highest BCUT2D eigenvalue weighted by Gasteiger charge is 2.19. The van der Waals surface area contributed by atoms with Crippen LogP contribution in [0, 0.1) is 6.92 Å². The normalized spacial score (nSPS) is 10.8. The summed E-state index contributed by atoms with van der Waals surface area (Å²) < 4.78 is 6.94. The fourth-order valence-corrected chi connectivity index (χ4v) is 2.87. The molecule has 1 amide bonds. The van der Waals surface area contributed by atoms with Crippen LogP contribution in [0.1, 0.15) is 52.4 Å². The molecule has 0 aliphatic carbocycles. The van der Waals surface area contributed by atoms with Gasteiger partial charge in [-0.1, -0.05) is 19.9 Å². The number of hydrogen-bond donors (Lipinski definition) is 1. The van der Waals surface area contributed by atoms with Gasteiger partial charge in [0.1, 0.15) is 11.3 Å². The van der Waals surface area contributed by atoms with E-state index in [0.717, 1.165) is 23.3 Å². The molecular formula is C21H23N3O3. The fourth-order valence-electron chi connectivity index (χ4n) is 2.87. The summed E-state index contributed by atoms with van der Waals surface area (Å²) in [6.07, 6.45) is 3.26. The van der Waals surface area contributed by atoms with Crippen LogP contribution in [-0.4, -0.2) is 27.9 Å². The predicted molar refractivity (Wildman–Crippen MR) is 104 cm³/mol. The van der Waals surface area contributed by atoms with Crippen molar-refractivity contribution in [2.24, 2.45) is 0 Å². The van der Waals surface area contributed by atoms with Crippen molar-refractivity contribution < 1.29 is 14.3 Å². The third kappa shape index (κ3) is 4.00. The number of carbonyl (C=O) groups is 2. The number of carbonyl (C=O) groups excluding carboxylic acids is 2. The Balaban J connectivity index is 1.88. The van der Waals surface area contributed by atoms with Gasteiger partial charge in [0.2, 0.25) is 0 Å². The van der Waals surface area contributed by atoms with Crippen LogP contribution in [0.5, 0.6) is 0 Å². The molecule has 0 bridgehead atoms. The van der Waals surface area contributed by atoms with Crippen molar-refractivity contribution in [1.82, 2.24) is 9.38 Å². The smallest absolute Gasteiger partial charge is 0.338 e. The molecule has 0 atom stereocenters. The number of aryl methyl sites for hydroxylation is 2. The van der Waals surface area contributed by atoms with Gasteiger partial charge in [-0.15, -0.1) is 0 Å². The van der Waals surface area contributed by atoms with E-state index in [4.69, 9.17) is 4.74 Å². The Bertz CT molecular complexity index is 992. The van der Waals surface area contributed by atoms with Crippen LogP contribution in [0.25, 0.3) is 5.65 Å². The molecule has 0 saturated heterocycles. The van der Waals surface area contributed by atoms with Crippen molar-refractivity contribution >= 4 is 23.2 Å². The average molecular weight is 365 g/mol. The first-order chi connectivity index (χ1) is 13.0. The molecule has 2 heterocycles. The van der Waals surface area contributed by atoms with Gasteiger partial charge in [-0.05, 0) is 55.7 Å². The lowest BCUT2D eigenvalue weighted by molar-refractivity contribution is 0.0505. The number of anilines is 1. The first kappa shape index (κ1) is 18.6. The van der Waals surface area contributed by atoms with Gasteiger partial charge in [0.15, 0.2) is 0 Å². The Kier molecular flexibility index (Phi) is 5.54. The average Bonchev–Trinajstić information content (AvgIpc) is 3.03.